The van der Waals surface area contributed by atoms with Crippen molar-refractivity contribution in [3.05, 3.63) is 35.0 Å². The molecular formula is C15H24BN2O2+. The standard InChI is InChI=1S/C15H23BN2O2/c1-10-7-12(8-11(9-18-6)13(10)17)16-19-14(2,3)15(4,5)20-16/h7-9,17-18H,1-6H3/p+1/b11-9-,17-13?. The van der Waals surface area contributed by atoms with Crippen LogP contribution in [0, 0.1) is 5.41 Å². The summed E-state index contributed by atoms with van der Waals surface area (Å²) >= 11 is 0. The predicted molar refractivity (Wildman–Crippen MR) is 81.6 cm³/mol. The number of quaternary nitrogens is 1. The van der Waals surface area contributed by atoms with Gasteiger partial charge in [0.1, 0.15) is 6.20 Å². The van der Waals surface area contributed by atoms with Gasteiger partial charge >= 0.3 is 7.12 Å². The number of allylic oxidation sites excluding steroid dienone is 5. The quantitative estimate of drug-likeness (QED) is 0.752. The van der Waals surface area contributed by atoms with Crippen molar-refractivity contribution in [1.82, 2.24) is 0 Å². The van der Waals surface area contributed by atoms with Gasteiger partial charge in [-0.25, -0.2) is 0 Å². The topological polar surface area (TPSA) is 58.9 Å². The van der Waals surface area contributed by atoms with Crippen LogP contribution in [0.3, 0.4) is 0 Å². The van der Waals surface area contributed by atoms with Crippen LogP contribution in [0.4, 0.5) is 0 Å². The van der Waals surface area contributed by atoms with Crippen molar-refractivity contribution in [1.29, 1.82) is 5.41 Å². The van der Waals surface area contributed by atoms with Crippen LogP contribution in [-0.2, 0) is 9.31 Å². The Balaban J connectivity index is 2.33. The lowest BCUT2D eigenvalue weighted by Gasteiger charge is -2.32. The molecule has 0 aromatic heterocycles. The van der Waals surface area contributed by atoms with Crippen LogP contribution in [-0.4, -0.2) is 31.1 Å². The third-order valence-electron chi connectivity index (χ3n) is 4.26. The largest absolute Gasteiger partial charge is 0.494 e. The van der Waals surface area contributed by atoms with Crippen LogP contribution < -0.4 is 5.32 Å². The molecule has 0 radical (unpaired) electrons. The van der Waals surface area contributed by atoms with Gasteiger partial charge in [-0.1, -0.05) is 6.08 Å². The smallest absolute Gasteiger partial charge is 0.399 e. The van der Waals surface area contributed by atoms with E-state index >= 15 is 0 Å². The van der Waals surface area contributed by atoms with Gasteiger partial charge in [0, 0.05) is 0 Å². The molecule has 0 amide bonds. The third kappa shape index (κ3) is 2.53. The lowest BCUT2D eigenvalue weighted by Crippen LogP contribution is -2.73. The number of hydrogen-bond donors (Lipinski definition) is 2. The van der Waals surface area contributed by atoms with Gasteiger partial charge in [-0.2, -0.15) is 0 Å². The second-order valence-corrected chi connectivity index (χ2v) is 6.39. The van der Waals surface area contributed by atoms with Gasteiger partial charge in [0.15, 0.2) is 0 Å². The number of nitrogens with one attached hydrogen (secondary N) is 1. The van der Waals surface area contributed by atoms with Crippen LogP contribution in [0.25, 0.3) is 0 Å². The summed E-state index contributed by atoms with van der Waals surface area (Å²) in [6.45, 7) is 10.1. The molecule has 0 aromatic rings. The molecule has 2 rings (SSSR count). The van der Waals surface area contributed by atoms with Crippen LogP contribution in [0.1, 0.15) is 34.6 Å². The summed E-state index contributed by atoms with van der Waals surface area (Å²) in [5.41, 5.74) is 2.69. The SMILES string of the molecule is C[NH2+]/C=C1/C=C(B2OC(C)(C)C(C)(C)O2)C=C(C)C1=N. The number of hydrogen-bond acceptors (Lipinski definition) is 3. The summed E-state index contributed by atoms with van der Waals surface area (Å²) in [6, 6.07) is 0. The first-order chi connectivity index (χ1) is 9.18. The van der Waals surface area contributed by atoms with Crippen molar-refractivity contribution in [2.24, 2.45) is 0 Å². The van der Waals surface area contributed by atoms with E-state index in [1.807, 2.05) is 65.3 Å². The van der Waals surface area contributed by atoms with Crippen molar-refractivity contribution in [2.75, 3.05) is 7.05 Å². The zero-order valence-electron chi connectivity index (χ0n) is 13.2. The maximum atomic E-state index is 8.09. The summed E-state index contributed by atoms with van der Waals surface area (Å²) in [5.74, 6) is 0. The van der Waals surface area contributed by atoms with Crippen molar-refractivity contribution < 1.29 is 14.6 Å². The Morgan fingerprint density at radius 1 is 1.15 bits per heavy atom. The molecule has 0 atom stereocenters. The van der Waals surface area contributed by atoms with E-state index in [-0.39, 0.29) is 18.3 Å². The van der Waals surface area contributed by atoms with Gasteiger partial charge in [-0.05, 0) is 51.7 Å². The van der Waals surface area contributed by atoms with E-state index in [1.54, 1.807) is 0 Å². The molecule has 0 unspecified atom stereocenters. The first-order valence-corrected chi connectivity index (χ1v) is 7.02. The molecule has 1 aliphatic heterocycles. The molecule has 0 aromatic carbocycles. The first kappa shape index (κ1) is 15.2. The van der Waals surface area contributed by atoms with Crippen LogP contribution in [0.15, 0.2) is 35.0 Å². The lowest BCUT2D eigenvalue weighted by molar-refractivity contribution is -0.556. The average molecular weight is 275 g/mol. The molecule has 1 aliphatic carbocycles. The fraction of sp³-hybridized carbons (Fsp3) is 0.533. The van der Waals surface area contributed by atoms with Gasteiger partial charge in [-0.15, -0.1) is 0 Å². The van der Waals surface area contributed by atoms with Crippen molar-refractivity contribution in [3.8, 4) is 0 Å². The molecule has 3 N–H and O–H groups in total. The third-order valence-corrected chi connectivity index (χ3v) is 4.26. The zero-order valence-corrected chi connectivity index (χ0v) is 13.2. The molecule has 0 bridgehead atoms. The van der Waals surface area contributed by atoms with E-state index in [4.69, 9.17) is 14.7 Å². The Morgan fingerprint density at radius 2 is 1.70 bits per heavy atom. The minimum absolute atomic E-state index is 0.341. The average Bonchev–Trinajstić information content (AvgIpc) is 2.54. The molecule has 4 nitrogen and oxygen atoms in total. The Bertz CT molecular complexity index is 514. The van der Waals surface area contributed by atoms with Crippen molar-refractivity contribution in [2.45, 2.75) is 45.8 Å². The number of nitrogens with two attached hydrogens (primary N) is 1. The highest BCUT2D eigenvalue weighted by molar-refractivity contribution is 6.56. The second kappa shape index (κ2) is 4.99. The minimum atomic E-state index is -0.372. The molecule has 20 heavy (non-hydrogen) atoms. The van der Waals surface area contributed by atoms with Gasteiger partial charge < -0.3 is 14.6 Å². The molecule has 1 fully saturated rings. The van der Waals surface area contributed by atoms with Crippen molar-refractivity contribution >= 4 is 12.8 Å². The highest BCUT2D eigenvalue weighted by atomic mass is 16.7. The first-order valence-electron chi connectivity index (χ1n) is 7.02. The van der Waals surface area contributed by atoms with Gasteiger partial charge in [0.2, 0.25) is 0 Å². The van der Waals surface area contributed by atoms with E-state index in [1.165, 1.54) is 0 Å². The molecule has 2 aliphatic rings. The van der Waals surface area contributed by atoms with E-state index < -0.39 is 0 Å². The zero-order chi connectivity index (χ0) is 15.1. The lowest BCUT2D eigenvalue weighted by atomic mass is 9.73. The monoisotopic (exact) mass is 275 g/mol. The van der Waals surface area contributed by atoms with E-state index in [0.29, 0.717) is 5.71 Å². The highest BCUT2D eigenvalue weighted by Gasteiger charge is 2.52. The van der Waals surface area contributed by atoms with E-state index in [2.05, 4.69) is 0 Å². The summed E-state index contributed by atoms with van der Waals surface area (Å²) < 4.78 is 12.1. The predicted octanol–water partition coefficient (Wildman–Crippen LogP) is 1.60. The van der Waals surface area contributed by atoms with Gasteiger partial charge in [0.05, 0.1) is 29.5 Å². The Morgan fingerprint density at radius 3 is 2.20 bits per heavy atom. The van der Waals surface area contributed by atoms with Crippen LogP contribution >= 0.6 is 0 Å². The maximum absolute atomic E-state index is 8.09. The molecular weight excluding hydrogens is 251 g/mol. The normalized spacial score (nSPS) is 26.8. The summed E-state index contributed by atoms with van der Waals surface area (Å²) in [6.07, 6.45) is 5.92. The van der Waals surface area contributed by atoms with Crippen molar-refractivity contribution in [3.63, 3.8) is 0 Å². The maximum Gasteiger partial charge on any atom is 0.494 e. The fourth-order valence-electron chi connectivity index (χ4n) is 2.27. The van der Waals surface area contributed by atoms with E-state index in [0.717, 1.165) is 16.6 Å². The number of rotatable bonds is 2. The molecule has 0 saturated carbocycles. The fourth-order valence-corrected chi connectivity index (χ4v) is 2.27. The summed E-state index contributed by atoms with van der Waals surface area (Å²) in [5, 5.41) is 10.0. The Labute approximate surface area is 121 Å². The second-order valence-electron chi connectivity index (χ2n) is 6.39. The van der Waals surface area contributed by atoms with E-state index in [9.17, 15) is 0 Å². The Kier molecular flexibility index (Phi) is 3.80. The Hall–Kier alpha value is -1.17. The minimum Gasteiger partial charge on any atom is -0.399 e. The highest BCUT2D eigenvalue weighted by Crippen LogP contribution is 2.39. The summed E-state index contributed by atoms with van der Waals surface area (Å²) in [4.78, 5) is 0. The summed E-state index contributed by atoms with van der Waals surface area (Å²) in [7, 11) is 1.58. The molecule has 5 heteroatoms. The van der Waals surface area contributed by atoms with Gasteiger partial charge in [-0.3, -0.25) is 5.41 Å². The van der Waals surface area contributed by atoms with Gasteiger partial charge in [0.25, 0.3) is 0 Å². The van der Waals surface area contributed by atoms with Crippen LogP contribution in [0.2, 0.25) is 0 Å². The molecule has 108 valence electrons. The molecule has 1 saturated heterocycles. The molecule has 1 heterocycles. The molecule has 0 spiro atoms. The van der Waals surface area contributed by atoms with Crippen LogP contribution in [0.5, 0.6) is 0 Å².